The van der Waals surface area contributed by atoms with Crippen LogP contribution in [0.25, 0.3) is 0 Å². The van der Waals surface area contributed by atoms with Gasteiger partial charge in [0.15, 0.2) is 5.82 Å². The molecule has 0 saturated carbocycles. The Labute approximate surface area is 89.4 Å². The van der Waals surface area contributed by atoms with Crippen molar-refractivity contribution in [1.29, 1.82) is 0 Å². The van der Waals surface area contributed by atoms with E-state index < -0.39 is 6.10 Å². The summed E-state index contributed by atoms with van der Waals surface area (Å²) in [6, 6.07) is 0. The molecule has 86 valence electrons. The molecule has 0 aliphatic heterocycles. The molecule has 0 spiro atoms. The molecule has 1 N–H and O–H groups in total. The number of hydrogen-bond donors (Lipinski definition) is 1. The lowest BCUT2D eigenvalue weighted by atomic mass is 9.87. The molecule has 15 heavy (non-hydrogen) atoms. The zero-order valence-electron chi connectivity index (χ0n) is 9.65. The minimum Gasteiger partial charge on any atom is -0.392 e. The van der Waals surface area contributed by atoms with Gasteiger partial charge in [-0.15, -0.1) is 0 Å². The summed E-state index contributed by atoms with van der Waals surface area (Å²) in [4.78, 5) is 4.09. The lowest BCUT2D eigenvalue weighted by molar-refractivity contribution is 0.0565. The lowest BCUT2D eigenvalue weighted by Crippen LogP contribution is -2.28. The summed E-state index contributed by atoms with van der Waals surface area (Å²) in [6.07, 6.45) is -0.117. The Morgan fingerprint density at radius 3 is 2.67 bits per heavy atom. The Morgan fingerprint density at radius 1 is 1.47 bits per heavy atom. The molecular formula is C10H18N2O3. The Hall–Kier alpha value is -0.940. The lowest BCUT2D eigenvalue weighted by Gasteiger charge is -2.24. The molecule has 1 aromatic rings. The van der Waals surface area contributed by atoms with E-state index in [9.17, 15) is 5.11 Å². The highest BCUT2D eigenvalue weighted by atomic mass is 16.5. The number of aliphatic hydroxyl groups is 1. The highest BCUT2D eigenvalue weighted by Crippen LogP contribution is 2.21. The molecule has 1 unspecified atom stereocenters. The third-order valence-corrected chi connectivity index (χ3v) is 2.15. The van der Waals surface area contributed by atoms with Crippen LogP contribution in [0.4, 0.5) is 0 Å². The van der Waals surface area contributed by atoms with Crippen molar-refractivity contribution >= 4 is 0 Å². The third-order valence-electron chi connectivity index (χ3n) is 2.15. The van der Waals surface area contributed by atoms with E-state index in [1.54, 1.807) is 7.11 Å². The monoisotopic (exact) mass is 214 g/mol. The van der Waals surface area contributed by atoms with Gasteiger partial charge in [-0.1, -0.05) is 25.9 Å². The maximum Gasteiger partial charge on any atom is 0.229 e. The molecule has 0 aromatic carbocycles. The summed E-state index contributed by atoms with van der Waals surface area (Å²) >= 11 is 0. The van der Waals surface area contributed by atoms with Crippen molar-refractivity contribution < 1.29 is 14.4 Å². The Balaban J connectivity index is 2.57. The van der Waals surface area contributed by atoms with E-state index in [0.717, 1.165) is 0 Å². The van der Waals surface area contributed by atoms with Gasteiger partial charge in [-0.2, -0.15) is 4.98 Å². The second kappa shape index (κ2) is 4.72. The first-order valence-electron chi connectivity index (χ1n) is 4.92. The normalized spacial score (nSPS) is 14.2. The van der Waals surface area contributed by atoms with Gasteiger partial charge in [-0.05, 0) is 5.41 Å². The summed E-state index contributed by atoms with van der Waals surface area (Å²) in [7, 11) is 1.57. The zero-order valence-corrected chi connectivity index (χ0v) is 9.65. The van der Waals surface area contributed by atoms with Gasteiger partial charge in [0.2, 0.25) is 5.89 Å². The van der Waals surface area contributed by atoms with Gasteiger partial charge in [0.05, 0.1) is 12.5 Å². The predicted molar refractivity (Wildman–Crippen MR) is 54.2 cm³/mol. The van der Waals surface area contributed by atoms with E-state index in [4.69, 9.17) is 9.26 Å². The summed E-state index contributed by atoms with van der Waals surface area (Å²) < 4.78 is 9.85. The standard InChI is InChI=1S/C10H18N2O3/c1-10(2,3)7(13)5-9-11-8(6-14-4)12-15-9/h7,13H,5-6H2,1-4H3. The maximum absolute atomic E-state index is 9.82. The predicted octanol–water partition coefficient (Wildman–Crippen LogP) is 1.17. The van der Waals surface area contributed by atoms with Crippen molar-refractivity contribution in [3.05, 3.63) is 11.7 Å². The van der Waals surface area contributed by atoms with Gasteiger partial charge >= 0.3 is 0 Å². The van der Waals surface area contributed by atoms with E-state index in [2.05, 4.69) is 10.1 Å². The summed E-state index contributed by atoms with van der Waals surface area (Å²) in [5.74, 6) is 0.957. The van der Waals surface area contributed by atoms with Gasteiger partial charge in [-0.25, -0.2) is 0 Å². The van der Waals surface area contributed by atoms with Crippen LogP contribution in [-0.2, 0) is 17.8 Å². The minimum absolute atomic E-state index is 0.185. The fourth-order valence-corrected chi connectivity index (χ4v) is 1.03. The second-order valence-electron chi connectivity index (χ2n) is 4.62. The smallest absolute Gasteiger partial charge is 0.229 e. The molecule has 0 bridgehead atoms. The fraction of sp³-hybridized carbons (Fsp3) is 0.800. The van der Waals surface area contributed by atoms with Crippen molar-refractivity contribution in [2.24, 2.45) is 5.41 Å². The van der Waals surface area contributed by atoms with Gasteiger partial charge in [-0.3, -0.25) is 0 Å². The maximum atomic E-state index is 9.82. The third kappa shape index (κ3) is 3.60. The molecule has 1 heterocycles. The highest BCUT2D eigenvalue weighted by Gasteiger charge is 2.24. The van der Waals surface area contributed by atoms with E-state index in [1.165, 1.54) is 0 Å². The van der Waals surface area contributed by atoms with Gasteiger partial charge in [0.25, 0.3) is 0 Å². The number of aliphatic hydroxyl groups excluding tert-OH is 1. The minimum atomic E-state index is -0.492. The molecule has 1 atom stereocenters. The van der Waals surface area contributed by atoms with Crippen LogP contribution >= 0.6 is 0 Å². The van der Waals surface area contributed by atoms with Crippen molar-refractivity contribution in [2.45, 2.75) is 39.9 Å². The van der Waals surface area contributed by atoms with Crippen LogP contribution in [0.3, 0.4) is 0 Å². The molecule has 0 aliphatic carbocycles. The van der Waals surface area contributed by atoms with Crippen LogP contribution in [0.15, 0.2) is 4.52 Å². The quantitative estimate of drug-likeness (QED) is 0.814. The molecular weight excluding hydrogens is 196 g/mol. The molecule has 0 radical (unpaired) electrons. The number of aromatic nitrogens is 2. The summed E-state index contributed by atoms with van der Waals surface area (Å²) in [6.45, 7) is 6.22. The molecule has 0 fully saturated rings. The topological polar surface area (TPSA) is 68.4 Å². The number of methoxy groups -OCH3 is 1. The number of hydrogen-bond acceptors (Lipinski definition) is 5. The number of ether oxygens (including phenoxy) is 1. The van der Waals surface area contributed by atoms with Crippen molar-refractivity contribution in [1.82, 2.24) is 10.1 Å². The first-order chi connectivity index (χ1) is 6.93. The molecule has 5 nitrogen and oxygen atoms in total. The molecule has 1 aromatic heterocycles. The van der Waals surface area contributed by atoms with E-state index >= 15 is 0 Å². The second-order valence-corrected chi connectivity index (χ2v) is 4.62. The molecule has 0 amide bonds. The van der Waals surface area contributed by atoms with Crippen LogP contribution in [0.5, 0.6) is 0 Å². The molecule has 5 heteroatoms. The van der Waals surface area contributed by atoms with Crippen LogP contribution in [0.2, 0.25) is 0 Å². The summed E-state index contributed by atoms with van der Waals surface area (Å²) in [5, 5.41) is 13.5. The fourth-order valence-electron chi connectivity index (χ4n) is 1.03. The molecule has 0 aliphatic rings. The first kappa shape index (κ1) is 12.1. The van der Waals surface area contributed by atoms with Crippen molar-refractivity contribution in [2.75, 3.05) is 7.11 Å². The largest absolute Gasteiger partial charge is 0.392 e. The number of nitrogens with zero attached hydrogens (tertiary/aromatic N) is 2. The van der Waals surface area contributed by atoms with Crippen LogP contribution in [0.1, 0.15) is 32.5 Å². The van der Waals surface area contributed by atoms with E-state index in [-0.39, 0.29) is 5.41 Å². The molecule has 0 saturated heterocycles. The van der Waals surface area contributed by atoms with Crippen LogP contribution in [0, 0.1) is 5.41 Å². The Morgan fingerprint density at radius 2 is 2.13 bits per heavy atom. The van der Waals surface area contributed by atoms with E-state index in [1.807, 2.05) is 20.8 Å². The average Bonchev–Trinajstić information content (AvgIpc) is 2.51. The summed E-state index contributed by atoms with van der Waals surface area (Å²) in [5.41, 5.74) is -0.185. The van der Waals surface area contributed by atoms with E-state index in [0.29, 0.717) is 24.7 Å². The van der Waals surface area contributed by atoms with Crippen LogP contribution in [-0.4, -0.2) is 28.5 Å². The van der Waals surface area contributed by atoms with Crippen molar-refractivity contribution in [3.63, 3.8) is 0 Å². The van der Waals surface area contributed by atoms with Gasteiger partial charge in [0, 0.05) is 7.11 Å². The number of rotatable bonds is 4. The van der Waals surface area contributed by atoms with Crippen LogP contribution < -0.4 is 0 Å². The van der Waals surface area contributed by atoms with Gasteiger partial charge in [0.1, 0.15) is 6.61 Å². The van der Waals surface area contributed by atoms with Gasteiger partial charge < -0.3 is 14.4 Å². The first-order valence-corrected chi connectivity index (χ1v) is 4.92. The Kier molecular flexibility index (Phi) is 3.82. The molecule has 1 rings (SSSR count). The Bertz CT molecular complexity index is 304. The SMILES string of the molecule is COCc1noc(CC(O)C(C)(C)C)n1. The highest BCUT2D eigenvalue weighted by molar-refractivity contribution is 4.89. The zero-order chi connectivity index (χ0) is 11.5. The van der Waals surface area contributed by atoms with Crippen molar-refractivity contribution in [3.8, 4) is 0 Å². The average molecular weight is 214 g/mol.